The van der Waals surface area contributed by atoms with Gasteiger partial charge in [0.05, 0.1) is 6.54 Å². The van der Waals surface area contributed by atoms with Crippen molar-refractivity contribution in [3.05, 3.63) is 50.4 Å². The molecule has 0 saturated carbocycles. The van der Waals surface area contributed by atoms with E-state index in [1.807, 2.05) is 17.5 Å². The third-order valence-corrected chi connectivity index (χ3v) is 3.84. The van der Waals surface area contributed by atoms with E-state index in [0.29, 0.717) is 6.54 Å². The van der Waals surface area contributed by atoms with Gasteiger partial charge in [-0.3, -0.25) is 4.79 Å². The lowest BCUT2D eigenvalue weighted by Gasteiger charge is -2.02. The Hall–Kier alpha value is -1.71. The number of nitrogens with one attached hydrogen (secondary N) is 1. The summed E-state index contributed by atoms with van der Waals surface area (Å²) < 4.78 is 1.00. The fraction of sp³-hybridized carbons (Fsp3) is 0.0833. The number of carbonyl (C=O) groups excluding carboxylic acids is 1. The van der Waals surface area contributed by atoms with E-state index >= 15 is 0 Å². The van der Waals surface area contributed by atoms with Crippen LogP contribution in [0.4, 0.5) is 0 Å². The Labute approximate surface area is 116 Å². The van der Waals surface area contributed by atoms with Crippen molar-refractivity contribution in [3.8, 4) is 6.07 Å². The minimum atomic E-state index is -0.281. The Morgan fingerprint density at radius 2 is 2.39 bits per heavy atom. The Morgan fingerprint density at radius 3 is 3.06 bits per heavy atom. The molecule has 4 nitrogen and oxygen atoms in total. The van der Waals surface area contributed by atoms with Crippen LogP contribution in [0.2, 0.25) is 0 Å². The number of hydrogen-bond acceptors (Lipinski definition) is 4. The fourth-order valence-corrected chi connectivity index (χ4v) is 2.72. The first kappa shape index (κ1) is 12.7. The molecule has 2 aromatic rings. The number of nitriles is 1. The first-order chi connectivity index (χ1) is 8.69. The molecule has 1 N–H and O–H groups in total. The molecule has 0 aliphatic heterocycles. The van der Waals surface area contributed by atoms with Crippen molar-refractivity contribution in [2.24, 2.45) is 0 Å². The molecule has 0 aliphatic carbocycles. The smallest absolute Gasteiger partial charge is 0.270 e. The topological polar surface area (TPSA) is 65.8 Å². The lowest BCUT2D eigenvalue weighted by Crippen LogP contribution is -2.23. The molecular formula is C12H8BrN3OS. The zero-order valence-electron chi connectivity index (χ0n) is 9.18. The quantitative estimate of drug-likeness (QED) is 0.945. The van der Waals surface area contributed by atoms with Crippen molar-refractivity contribution in [1.29, 1.82) is 5.26 Å². The highest BCUT2D eigenvalue weighted by atomic mass is 79.9. The summed E-state index contributed by atoms with van der Waals surface area (Å²) in [7, 11) is 0. The summed E-state index contributed by atoms with van der Waals surface area (Å²) >= 11 is 4.91. The van der Waals surface area contributed by atoms with Gasteiger partial charge in [-0.15, -0.1) is 11.3 Å². The van der Waals surface area contributed by atoms with E-state index in [9.17, 15) is 4.79 Å². The lowest BCUT2D eigenvalue weighted by atomic mass is 10.3. The van der Waals surface area contributed by atoms with E-state index in [4.69, 9.17) is 5.26 Å². The van der Waals surface area contributed by atoms with Crippen LogP contribution in [0.15, 0.2) is 34.1 Å². The molecule has 0 radical (unpaired) electrons. The monoisotopic (exact) mass is 321 g/mol. The van der Waals surface area contributed by atoms with Crippen LogP contribution in [-0.4, -0.2) is 10.9 Å². The van der Waals surface area contributed by atoms with Crippen molar-refractivity contribution in [3.63, 3.8) is 0 Å². The second-order valence-electron chi connectivity index (χ2n) is 3.43. The van der Waals surface area contributed by atoms with Crippen LogP contribution >= 0.6 is 27.3 Å². The van der Waals surface area contributed by atoms with Crippen molar-refractivity contribution in [1.82, 2.24) is 10.3 Å². The summed E-state index contributed by atoms with van der Waals surface area (Å²) in [6.07, 6.45) is 0. The number of rotatable bonds is 3. The van der Waals surface area contributed by atoms with E-state index in [-0.39, 0.29) is 17.3 Å². The highest BCUT2D eigenvalue weighted by molar-refractivity contribution is 9.10. The summed E-state index contributed by atoms with van der Waals surface area (Å²) in [5, 5.41) is 13.4. The summed E-state index contributed by atoms with van der Waals surface area (Å²) in [4.78, 5) is 16.8. The van der Waals surface area contributed by atoms with E-state index in [2.05, 4.69) is 26.2 Å². The molecule has 0 saturated heterocycles. The van der Waals surface area contributed by atoms with Gasteiger partial charge in [-0.1, -0.05) is 6.07 Å². The standard InChI is InChI=1S/C12H8BrN3OS/c13-8-4-10(18-7-8)6-15-12(17)11-3-1-2-9(5-14)16-11/h1-4,7H,6H2,(H,15,17). The van der Waals surface area contributed by atoms with Crippen molar-refractivity contribution >= 4 is 33.2 Å². The van der Waals surface area contributed by atoms with Gasteiger partial charge in [0, 0.05) is 14.7 Å². The molecule has 2 rings (SSSR count). The number of amides is 1. The number of nitrogens with zero attached hydrogens (tertiary/aromatic N) is 2. The van der Waals surface area contributed by atoms with Gasteiger partial charge in [0.1, 0.15) is 17.5 Å². The van der Waals surface area contributed by atoms with Crippen molar-refractivity contribution < 1.29 is 4.79 Å². The first-order valence-corrected chi connectivity index (χ1v) is 6.74. The number of thiophene rings is 1. The van der Waals surface area contributed by atoms with Crippen LogP contribution in [0.5, 0.6) is 0 Å². The largest absolute Gasteiger partial charge is 0.346 e. The van der Waals surface area contributed by atoms with Crippen LogP contribution in [-0.2, 0) is 6.54 Å². The van der Waals surface area contributed by atoms with Crippen LogP contribution in [0.1, 0.15) is 21.1 Å². The van der Waals surface area contributed by atoms with Gasteiger partial charge in [0.25, 0.3) is 5.91 Å². The molecule has 90 valence electrons. The van der Waals surface area contributed by atoms with Crippen LogP contribution in [0.3, 0.4) is 0 Å². The Morgan fingerprint density at radius 1 is 1.56 bits per heavy atom. The second-order valence-corrected chi connectivity index (χ2v) is 5.35. The van der Waals surface area contributed by atoms with Gasteiger partial charge in [-0.05, 0) is 34.1 Å². The normalized spacial score (nSPS) is 9.78. The minimum absolute atomic E-state index is 0.238. The molecule has 0 bridgehead atoms. The van der Waals surface area contributed by atoms with E-state index in [1.165, 1.54) is 0 Å². The van der Waals surface area contributed by atoms with Gasteiger partial charge in [-0.2, -0.15) is 5.26 Å². The van der Waals surface area contributed by atoms with Crippen LogP contribution in [0.25, 0.3) is 0 Å². The molecule has 0 aliphatic rings. The number of halogens is 1. The summed E-state index contributed by atoms with van der Waals surface area (Å²) in [6, 6.07) is 8.64. The number of pyridine rings is 1. The Bertz CT molecular complexity index is 618. The van der Waals surface area contributed by atoms with Gasteiger partial charge < -0.3 is 5.32 Å². The summed E-state index contributed by atoms with van der Waals surface area (Å²) in [6.45, 7) is 0.452. The zero-order chi connectivity index (χ0) is 13.0. The predicted octanol–water partition coefficient (Wildman–Crippen LogP) is 2.71. The first-order valence-electron chi connectivity index (χ1n) is 5.07. The van der Waals surface area contributed by atoms with Crippen LogP contribution in [0, 0.1) is 11.3 Å². The second kappa shape index (κ2) is 5.76. The number of hydrogen-bond donors (Lipinski definition) is 1. The average molecular weight is 322 g/mol. The average Bonchev–Trinajstić information content (AvgIpc) is 2.82. The number of carbonyl (C=O) groups is 1. The summed E-state index contributed by atoms with van der Waals surface area (Å²) in [5.74, 6) is -0.281. The molecule has 0 aromatic carbocycles. The van der Waals surface area contributed by atoms with Gasteiger partial charge in [-0.25, -0.2) is 4.98 Å². The van der Waals surface area contributed by atoms with Crippen LogP contribution < -0.4 is 5.32 Å². The van der Waals surface area contributed by atoms with Gasteiger partial charge in [0.15, 0.2) is 0 Å². The maximum absolute atomic E-state index is 11.8. The maximum Gasteiger partial charge on any atom is 0.270 e. The molecule has 18 heavy (non-hydrogen) atoms. The van der Waals surface area contributed by atoms with E-state index in [0.717, 1.165) is 9.35 Å². The van der Waals surface area contributed by atoms with E-state index < -0.39 is 0 Å². The highest BCUT2D eigenvalue weighted by Crippen LogP contribution is 2.19. The summed E-state index contributed by atoms with van der Waals surface area (Å²) in [5.41, 5.74) is 0.492. The maximum atomic E-state index is 11.8. The van der Waals surface area contributed by atoms with Gasteiger partial charge in [0.2, 0.25) is 0 Å². The molecule has 2 heterocycles. The van der Waals surface area contributed by atoms with Crippen molar-refractivity contribution in [2.75, 3.05) is 0 Å². The van der Waals surface area contributed by atoms with Gasteiger partial charge >= 0.3 is 0 Å². The lowest BCUT2D eigenvalue weighted by molar-refractivity contribution is 0.0946. The molecule has 0 spiro atoms. The van der Waals surface area contributed by atoms with E-state index in [1.54, 1.807) is 29.5 Å². The zero-order valence-corrected chi connectivity index (χ0v) is 11.6. The third-order valence-electron chi connectivity index (χ3n) is 2.14. The molecule has 0 atom stereocenters. The molecule has 2 aromatic heterocycles. The highest BCUT2D eigenvalue weighted by Gasteiger charge is 2.08. The predicted molar refractivity (Wildman–Crippen MR) is 72.1 cm³/mol. The fourth-order valence-electron chi connectivity index (χ4n) is 1.33. The third kappa shape index (κ3) is 3.15. The Kier molecular flexibility index (Phi) is 4.07. The molecular weight excluding hydrogens is 314 g/mol. The minimum Gasteiger partial charge on any atom is -0.346 e. The number of aromatic nitrogens is 1. The SMILES string of the molecule is N#Cc1cccc(C(=O)NCc2cc(Br)cs2)n1. The Balaban J connectivity index is 2.01. The molecule has 0 unspecified atom stereocenters. The molecule has 0 fully saturated rings. The van der Waals surface area contributed by atoms with Crippen molar-refractivity contribution in [2.45, 2.75) is 6.54 Å². The molecule has 6 heteroatoms. The molecule has 1 amide bonds.